The maximum absolute atomic E-state index is 10.8. The molecule has 0 spiro atoms. The topological polar surface area (TPSA) is 256 Å². The van der Waals surface area contributed by atoms with Gasteiger partial charge >= 0.3 is 23.9 Å². The van der Waals surface area contributed by atoms with Crippen LogP contribution >= 0.6 is 21.6 Å². The molecule has 44 heavy (non-hydrogen) atoms. The first kappa shape index (κ1) is 38.4. The molecule has 0 aliphatic rings. The highest BCUT2D eigenvalue weighted by molar-refractivity contribution is 8.76. The quantitative estimate of drug-likeness (QED) is 0.0842. The second-order valence-electron chi connectivity index (χ2n) is 9.78. The summed E-state index contributed by atoms with van der Waals surface area (Å²) in [5.41, 5.74) is 3.56. The number of aromatic hydroxyl groups is 2. The summed E-state index contributed by atoms with van der Waals surface area (Å²) in [5.74, 6) is -5.60. The van der Waals surface area contributed by atoms with E-state index in [0.29, 0.717) is 46.9 Å². The molecule has 2 atom stereocenters. The molecule has 0 saturated carbocycles. The van der Waals surface area contributed by atoms with Gasteiger partial charge in [-0.15, -0.1) is 0 Å². The highest BCUT2D eigenvalue weighted by atomic mass is 33.1. The van der Waals surface area contributed by atoms with E-state index in [1.54, 1.807) is 26.2 Å². The Bertz CT molecular complexity index is 1190. The van der Waals surface area contributed by atoms with Crippen molar-refractivity contribution in [3.05, 3.63) is 46.0 Å². The molecule has 2 unspecified atom stereocenters. The van der Waals surface area contributed by atoms with Gasteiger partial charge in [-0.1, -0.05) is 34.4 Å². The Kier molecular flexibility index (Phi) is 17.1. The number of carbonyl (C=O) groups is 4. The molecule has 16 heteroatoms. The van der Waals surface area contributed by atoms with E-state index in [0.717, 1.165) is 11.1 Å². The Labute approximate surface area is 261 Å². The van der Waals surface area contributed by atoms with Crippen LogP contribution in [0.5, 0.6) is 11.5 Å². The third kappa shape index (κ3) is 13.0. The third-order valence-electron chi connectivity index (χ3n) is 6.58. The SMILES string of the molecule is Cc1ncc(CSSCc2cnc(C)c(O)c2CO)c(CO)c1O.O=C(O)CC(CCCCC(CC(=O)O)C(=O)O)C(=O)O. The van der Waals surface area contributed by atoms with E-state index in [9.17, 15) is 39.6 Å². The standard InChI is InChI=1S/C16H20N2O4S2.C12H18O8/c1-9-15(21)13(5-19)11(3-17-9)7-23-24-8-12-4-18-10(2)16(22)14(12)6-20;13-9(14)5-7(11(17)18)3-1-2-4-8(12(19)20)6-10(15)16/h3-4,19-22H,5-8H2,1-2H3;7-8H,1-6H2,(H,13,14)(H,15,16)(H,17,18)(H,19,20). The van der Waals surface area contributed by atoms with E-state index in [4.69, 9.17) is 20.4 Å². The lowest BCUT2D eigenvalue weighted by Gasteiger charge is -2.12. The van der Waals surface area contributed by atoms with E-state index >= 15 is 0 Å². The van der Waals surface area contributed by atoms with Gasteiger partial charge < -0.3 is 40.9 Å². The molecule has 14 nitrogen and oxygen atoms in total. The molecule has 0 fully saturated rings. The number of aromatic nitrogens is 2. The Balaban J connectivity index is 0.000000449. The van der Waals surface area contributed by atoms with E-state index in [2.05, 4.69) is 9.97 Å². The molecule has 2 aromatic rings. The highest BCUT2D eigenvalue weighted by Gasteiger charge is 2.23. The number of pyridine rings is 2. The minimum atomic E-state index is -1.20. The molecule has 0 aromatic carbocycles. The second-order valence-corrected chi connectivity index (χ2v) is 12.2. The lowest BCUT2D eigenvalue weighted by molar-refractivity contribution is -0.149. The molecular formula is C28H38N2O12S2. The molecule has 0 aliphatic heterocycles. The van der Waals surface area contributed by atoms with Crippen molar-refractivity contribution in [2.75, 3.05) is 0 Å². The van der Waals surface area contributed by atoms with Crippen molar-refractivity contribution in [3.8, 4) is 11.5 Å². The van der Waals surface area contributed by atoms with E-state index in [-0.39, 0.29) is 37.6 Å². The molecule has 8 N–H and O–H groups in total. The molecule has 244 valence electrons. The van der Waals surface area contributed by atoms with Crippen LogP contribution in [0.2, 0.25) is 0 Å². The normalized spacial score (nSPS) is 12.1. The molecular weight excluding hydrogens is 620 g/mol. The molecule has 0 bridgehead atoms. The Morgan fingerprint density at radius 1 is 0.682 bits per heavy atom. The van der Waals surface area contributed by atoms with Crippen LogP contribution in [-0.4, -0.2) is 74.7 Å². The van der Waals surface area contributed by atoms with Crippen molar-refractivity contribution < 1.29 is 60.0 Å². The van der Waals surface area contributed by atoms with Crippen molar-refractivity contribution in [2.45, 2.75) is 77.1 Å². The zero-order valence-electron chi connectivity index (χ0n) is 24.3. The number of aryl methyl sites for hydroxylation is 2. The molecule has 0 aliphatic carbocycles. The van der Waals surface area contributed by atoms with Gasteiger partial charge in [-0.3, -0.25) is 29.1 Å². The van der Waals surface area contributed by atoms with Gasteiger partial charge in [0, 0.05) is 35.0 Å². The number of hydrogen-bond acceptors (Lipinski definition) is 12. The van der Waals surface area contributed by atoms with Crippen molar-refractivity contribution in [3.63, 3.8) is 0 Å². The molecule has 0 amide bonds. The van der Waals surface area contributed by atoms with Crippen LogP contribution in [0.15, 0.2) is 12.4 Å². The molecule has 0 radical (unpaired) electrons. The van der Waals surface area contributed by atoms with Gasteiger partial charge in [-0.25, -0.2) is 0 Å². The van der Waals surface area contributed by atoms with Crippen LogP contribution in [0.3, 0.4) is 0 Å². The lowest BCUT2D eigenvalue weighted by atomic mass is 9.94. The van der Waals surface area contributed by atoms with Gasteiger partial charge in [0.05, 0.1) is 49.3 Å². The fourth-order valence-corrected chi connectivity index (χ4v) is 6.19. The number of aliphatic hydroxyl groups excluding tert-OH is 2. The number of nitrogens with zero attached hydrogens (tertiary/aromatic N) is 2. The lowest BCUT2D eigenvalue weighted by Crippen LogP contribution is -2.19. The van der Waals surface area contributed by atoms with Crippen LogP contribution in [-0.2, 0) is 43.9 Å². The summed E-state index contributed by atoms with van der Waals surface area (Å²) in [5, 5.41) is 73.4. The number of unbranched alkanes of at least 4 members (excludes halogenated alkanes) is 1. The highest BCUT2D eigenvalue weighted by Crippen LogP contribution is 2.35. The van der Waals surface area contributed by atoms with Crippen LogP contribution < -0.4 is 0 Å². The molecule has 2 aromatic heterocycles. The first-order valence-corrected chi connectivity index (χ1v) is 15.9. The predicted octanol–water partition coefficient (Wildman–Crippen LogP) is 3.47. The van der Waals surface area contributed by atoms with Gasteiger partial charge in [0.25, 0.3) is 0 Å². The summed E-state index contributed by atoms with van der Waals surface area (Å²) >= 11 is 0. The zero-order chi connectivity index (χ0) is 33.4. The molecule has 2 rings (SSSR count). The van der Waals surface area contributed by atoms with E-state index in [1.165, 1.54) is 21.6 Å². The summed E-state index contributed by atoms with van der Waals surface area (Å²) in [6.45, 7) is 2.90. The van der Waals surface area contributed by atoms with Crippen molar-refractivity contribution >= 4 is 45.5 Å². The molecule has 0 saturated heterocycles. The number of aliphatic carboxylic acids is 4. The van der Waals surface area contributed by atoms with Crippen LogP contribution in [0, 0.1) is 25.7 Å². The van der Waals surface area contributed by atoms with Gasteiger partial charge in [0.15, 0.2) is 0 Å². The maximum Gasteiger partial charge on any atom is 0.307 e. The summed E-state index contributed by atoms with van der Waals surface area (Å²) in [6, 6.07) is 0. The van der Waals surface area contributed by atoms with Gasteiger partial charge in [-0.05, 0) is 37.8 Å². The monoisotopic (exact) mass is 658 g/mol. The summed E-state index contributed by atoms with van der Waals surface area (Å²) in [4.78, 5) is 50.7. The van der Waals surface area contributed by atoms with Crippen molar-refractivity contribution in [1.29, 1.82) is 0 Å². The largest absolute Gasteiger partial charge is 0.506 e. The zero-order valence-corrected chi connectivity index (χ0v) is 25.9. The average molecular weight is 659 g/mol. The van der Waals surface area contributed by atoms with Gasteiger partial charge in [0.2, 0.25) is 0 Å². The minimum Gasteiger partial charge on any atom is -0.506 e. The van der Waals surface area contributed by atoms with E-state index < -0.39 is 48.6 Å². The Morgan fingerprint density at radius 2 is 1.02 bits per heavy atom. The van der Waals surface area contributed by atoms with Crippen LogP contribution in [0.25, 0.3) is 0 Å². The Morgan fingerprint density at radius 3 is 1.30 bits per heavy atom. The number of aliphatic hydroxyl groups is 2. The van der Waals surface area contributed by atoms with E-state index in [1.807, 2.05) is 0 Å². The number of carboxylic acids is 4. The smallest absolute Gasteiger partial charge is 0.307 e. The number of rotatable bonds is 18. The van der Waals surface area contributed by atoms with Gasteiger partial charge in [-0.2, -0.15) is 0 Å². The molecule has 2 heterocycles. The van der Waals surface area contributed by atoms with Crippen LogP contribution in [0.1, 0.15) is 72.2 Å². The maximum atomic E-state index is 10.8. The minimum absolute atomic E-state index is 0.0378. The number of hydrogen-bond donors (Lipinski definition) is 8. The number of carboxylic acid groups (broad SMARTS) is 4. The second kappa shape index (κ2) is 19.6. The van der Waals surface area contributed by atoms with Crippen LogP contribution in [0.4, 0.5) is 0 Å². The average Bonchev–Trinajstić information content (AvgIpc) is 2.95. The summed E-state index contributed by atoms with van der Waals surface area (Å²) in [6.07, 6.45) is 3.29. The first-order chi connectivity index (χ1) is 20.7. The first-order valence-electron chi connectivity index (χ1n) is 13.4. The summed E-state index contributed by atoms with van der Waals surface area (Å²) in [7, 11) is 3.08. The third-order valence-corrected chi connectivity index (χ3v) is 8.82. The summed E-state index contributed by atoms with van der Waals surface area (Å²) < 4.78 is 0. The fraction of sp³-hybridized carbons (Fsp3) is 0.500. The predicted molar refractivity (Wildman–Crippen MR) is 161 cm³/mol. The van der Waals surface area contributed by atoms with Crippen molar-refractivity contribution in [1.82, 2.24) is 9.97 Å². The van der Waals surface area contributed by atoms with Gasteiger partial charge in [0.1, 0.15) is 11.5 Å². The Hall–Kier alpha value is -3.60. The van der Waals surface area contributed by atoms with Crippen molar-refractivity contribution in [2.24, 2.45) is 11.8 Å². The fourth-order valence-electron chi connectivity index (χ4n) is 4.01.